The van der Waals surface area contributed by atoms with E-state index in [1.54, 1.807) is 6.33 Å². The second-order valence-electron chi connectivity index (χ2n) is 4.89. The van der Waals surface area contributed by atoms with Crippen molar-refractivity contribution in [2.75, 3.05) is 5.32 Å². The summed E-state index contributed by atoms with van der Waals surface area (Å²) in [6.45, 7) is 2.64. The quantitative estimate of drug-likeness (QED) is 0.788. The minimum absolute atomic E-state index is 0.0371. The number of hydrogen-bond donors (Lipinski definition) is 3. The molecule has 0 fully saturated rings. The zero-order chi connectivity index (χ0) is 14.1. The number of nitrogens with zero attached hydrogens (tertiary/aromatic N) is 1. The van der Waals surface area contributed by atoms with Gasteiger partial charge < -0.3 is 10.3 Å². The number of benzene rings is 1. The van der Waals surface area contributed by atoms with E-state index in [9.17, 15) is 4.79 Å². The lowest BCUT2D eigenvalue weighted by Crippen LogP contribution is -2.44. The number of aromatic nitrogens is 2. The van der Waals surface area contributed by atoms with Crippen LogP contribution in [-0.2, 0) is 17.8 Å². The Morgan fingerprint density at radius 1 is 1.50 bits per heavy atom. The van der Waals surface area contributed by atoms with Gasteiger partial charge in [-0.05, 0) is 34.5 Å². The van der Waals surface area contributed by atoms with Crippen LogP contribution in [0.4, 0.5) is 5.69 Å². The van der Waals surface area contributed by atoms with E-state index in [0.29, 0.717) is 13.0 Å². The molecule has 1 unspecified atom stereocenters. The van der Waals surface area contributed by atoms with E-state index in [4.69, 9.17) is 0 Å². The number of aromatic amines is 1. The Hall–Kier alpha value is -1.66. The highest BCUT2D eigenvalue weighted by molar-refractivity contribution is 9.10. The van der Waals surface area contributed by atoms with Crippen LogP contribution in [0.1, 0.15) is 17.0 Å². The smallest absolute Gasteiger partial charge is 0.241 e. The number of amides is 1. The summed E-state index contributed by atoms with van der Waals surface area (Å²) in [5.74, 6) is -0.0371. The van der Waals surface area contributed by atoms with Crippen LogP contribution in [-0.4, -0.2) is 21.9 Å². The molecule has 0 aliphatic carbocycles. The van der Waals surface area contributed by atoms with E-state index >= 15 is 0 Å². The fourth-order valence-corrected chi connectivity index (χ4v) is 2.68. The lowest BCUT2D eigenvalue weighted by molar-refractivity contribution is -0.118. The monoisotopic (exact) mass is 334 g/mol. The Morgan fingerprint density at radius 2 is 2.35 bits per heavy atom. The summed E-state index contributed by atoms with van der Waals surface area (Å²) >= 11 is 3.50. The molecule has 0 bridgehead atoms. The van der Waals surface area contributed by atoms with Gasteiger partial charge in [0.05, 0.1) is 29.4 Å². The third-order valence-electron chi connectivity index (χ3n) is 3.50. The van der Waals surface area contributed by atoms with E-state index in [2.05, 4.69) is 36.5 Å². The highest BCUT2D eigenvalue weighted by atomic mass is 79.9. The van der Waals surface area contributed by atoms with Gasteiger partial charge in [-0.2, -0.15) is 0 Å². The second-order valence-corrected chi connectivity index (χ2v) is 5.68. The number of hydrogen-bond acceptors (Lipinski definition) is 3. The number of H-pyrrole nitrogens is 1. The van der Waals surface area contributed by atoms with Crippen molar-refractivity contribution in [1.29, 1.82) is 0 Å². The third kappa shape index (κ3) is 2.48. The zero-order valence-corrected chi connectivity index (χ0v) is 12.6. The first-order chi connectivity index (χ1) is 9.65. The van der Waals surface area contributed by atoms with Gasteiger partial charge in [-0.3, -0.25) is 10.1 Å². The molecule has 0 spiro atoms. The van der Waals surface area contributed by atoms with Gasteiger partial charge in [0.2, 0.25) is 5.91 Å². The molecule has 0 radical (unpaired) electrons. The molecule has 6 heteroatoms. The first-order valence-corrected chi connectivity index (χ1v) is 7.25. The van der Waals surface area contributed by atoms with Crippen molar-refractivity contribution in [1.82, 2.24) is 15.3 Å². The molecule has 1 aliphatic heterocycles. The maximum atomic E-state index is 12.3. The van der Waals surface area contributed by atoms with Crippen LogP contribution in [0, 0.1) is 6.92 Å². The second kappa shape index (κ2) is 5.38. The Labute approximate surface area is 125 Å². The summed E-state index contributed by atoms with van der Waals surface area (Å²) in [6, 6.07) is 5.56. The van der Waals surface area contributed by atoms with Gasteiger partial charge in [-0.25, -0.2) is 4.98 Å². The van der Waals surface area contributed by atoms with Gasteiger partial charge in [0.25, 0.3) is 0 Å². The van der Waals surface area contributed by atoms with Gasteiger partial charge in [0.15, 0.2) is 0 Å². The number of halogens is 1. The van der Waals surface area contributed by atoms with Crippen LogP contribution < -0.4 is 10.6 Å². The van der Waals surface area contributed by atoms with Crippen molar-refractivity contribution in [3.05, 3.63) is 46.0 Å². The molecule has 20 heavy (non-hydrogen) atoms. The summed E-state index contributed by atoms with van der Waals surface area (Å²) in [7, 11) is 0. The van der Waals surface area contributed by atoms with Crippen LogP contribution in [0.25, 0.3) is 0 Å². The number of nitrogens with one attached hydrogen (secondary N) is 3. The molecule has 2 aromatic rings. The van der Waals surface area contributed by atoms with Crippen molar-refractivity contribution < 1.29 is 4.79 Å². The number of imidazole rings is 1. The molecule has 1 atom stereocenters. The summed E-state index contributed by atoms with van der Waals surface area (Å²) in [6.07, 6.45) is 2.28. The normalized spacial score (nSPS) is 17.6. The Bertz CT molecular complexity index is 652. The molecule has 104 valence electrons. The average Bonchev–Trinajstić information content (AvgIpc) is 2.91. The standard InChI is InChI=1S/C14H15BrN4O/c1-8-3-2-4-9(13(8)15)19-14(20)11-5-10-12(6-16-11)18-7-17-10/h2-4,7,11,16H,5-6H2,1H3,(H,17,18)(H,19,20). The molecule has 3 rings (SSSR count). The molecule has 0 saturated carbocycles. The van der Waals surface area contributed by atoms with Crippen LogP contribution in [0.2, 0.25) is 0 Å². The summed E-state index contributed by atoms with van der Waals surface area (Å²) in [4.78, 5) is 19.6. The van der Waals surface area contributed by atoms with Crippen molar-refractivity contribution in [3.63, 3.8) is 0 Å². The Balaban J connectivity index is 1.73. The topological polar surface area (TPSA) is 69.8 Å². The predicted molar refractivity (Wildman–Crippen MR) is 80.4 cm³/mol. The van der Waals surface area contributed by atoms with Crippen molar-refractivity contribution in [2.24, 2.45) is 0 Å². The SMILES string of the molecule is Cc1cccc(NC(=O)C2Cc3nc[nH]c3CN2)c1Br. The number of anilines is 1. The first kappa shape index (κ1) is 13.3. The molecular weight excluding hydrogens is 320 g/mol. The Kier molecular flexibility index (Phi) is 3.58. The maximum absolute atomic E-state index is 12.3. The van der Waals surface area contributed by atoms with Crippen LogP contribution >= 0.6 is 15.9 Å². The largest absolute Gasteiger partial charge is 0.347 e. The first-order valence-electron chi connectivity index (χ1n) is 6.45. The van der Waals surface area contributed by atoms with Crippen molar-refractivity contribution >= 4 is 27.5 Å². The van der Waals surface area contributed by atoms with E-state index < -0.39 is 0 Å². The van der Waals surface area contributed by atoms with Crippen molar-refractivity contribution in [3.8, 4) is 0 Å². The van der Waals surface area contributed by atoms with Gasteiger partial charge in [-0.1, -0.05) is 12.1 Å². The van der Waals surface area contributed by atoms with E-state index in [1.165, 1.54) is 0 Å². The highest BCUT2D eigenvalue weighted by Gasteiger charge is 2.26. The number of aryl methyl sites for hydroxylation is 1. The number of carbonyl (C=O) groups excluding carboxylic acids is 1. The van der Waals surface area contributed by atoms with Gasteiger partial charge in [0.1, 0.15) is 0 Å². The number of carbonyl (C=O) groups is 1. The number of rotatable bonds is 2. The van der Waals surface area contributed by atoms with E-state index in [0.717, 1.165) is 27.1 Å². The van der Waals surface area contributed by atoms with E-state index in [1.807, 2.05) is 25.1 Å². The molecule has 0 saturated heterocycles. The van der Waals surface area contributed by atoms with Gasteiger partial charge >= 0.3 is 0 Å². The zero-order valence-electron chi connectivity index (χ0n) is 11.0. The van der Waals surface area contributed by atoms with Crippen LogP contribution in [0.15, 0.2) is 29.0 Å². The average molecular weight is 335 g/mol. The fourth-order valence-electron chi connectivity index (χ4n) is 2.32. The van der Waals surface area contributed by atoms with Gasteiger partial charge in [-0.15, -0.1) is 0 Å². The molecule has 2 heterocycles. The lowest BCUT2D eigenvalue weighted by atomic mass is 10.0. The molecular formula is C14H15BrN4O. The summed E-state index contributed by atoms with van der Waals surface area (Å²) in [5, 5.41) is 6.17. The molecule has 1 aromatic carbocycles. The lowest BCUT2D eigenvalue weighted by Gasteiger charge is -2.22. The van der Waals surface area contributed by atoms with Crippen LogP contribution in [0.5, 0.6) is 0 Å². The minimum Gasteiger partial charge on any atom is -0.347 e. The minimum atomic E-state index is -0.252. The van der Waals surface area contributed by atoms with Crippen LogP contribution in [0.3, 0.4) is 0 Å². The van der Waals surface area contributed by atoms with Gasteiger partial charge in [0, 0.05) is 17.4 Å². The molecule has 5 nitrogen and oxygen atoms in total. The molecule has 1 aromatic heterocycles. The molecule has 1 aliphatic rings. The summed E-state index contributed by atoms with van der Waals surface area (Å²) in [5.41, 5.74) is 3.91. The maximum Gasteiger partial charge on any atom is 0.241 e. The predicted octanol–water partition coefficient (Wildman–Crippen LogP) is 2.13. The Morgan fingerprint density at radius 3 is 3.20 bits per heavy atom. The fraction of sp³-hybridized carbons (Fsp3) is 0.286. The third-order valence-corrected chi connectivity index (χ3v) is 4.55. The van der Waals surface area contributed by atoms with Crippen molar-refractivity contribution in [2.45, 2.75) is 25.9 Å². The highest BCUT2D eigenvalue weighted by Crippen LogP contribution is 2.26. The van der Waals surface area contributed by atoms with E-state index in [-0.39, 0.29) is 11.9 Å². The number of fused-ring (bicyclic) bond motifs is 1. The molecule has 1 amide bonds. The molecule has 3 N–H and O–H groups in total. The summed E-state index contributed by atoms with van der Waals surface area (Å²) < 4.78 is 0.921.